The summed E-state index contributed by atoms with van der Waals surface area (Å²) in [5.41, 5.74) is 5.25. The van der Waals surface area contributed by atoms with Gasteiger partial charge in [-0.15, -0.1) is 0 Å². The van der Waals surface area contributed by atoms with Crippen molar-refractivity contribution < 1.29 is 9.53 Å². The molecule has 1 N–H and O–H groups in total. The van der Waals surface area contributed by atoms with Crippen molar-refractivity contribution in [2.45, 2.75) is 19.4 Å². The van der Waals surface area contributed by atoms with Crippen molar-refractivity contribution in [3.8, 4) is 0 Å². The van der Waals surface area contributed by atoms with Gasteiger partial charge < -0.3 is 4.74 Å². The lowest BCUT2D eigenvalue weighted by molar-refractivity contribution is -0.137. The lowest BCUT2D eigenvalue weighted by atomic mass is 10.2. The number of hydrogen-bond acceptors (Lipinski definition) is 6. The molecule has 0 saturated carbocycles. The van der Waals surface area contributed by atoms with E-state index in [1.165, 1.54) is 6.33 Å². The van der Waals surface area contributed by atoms with Crippen molar-refractivity contribution in [3.05, 3.63) is 42.5 Å². The van der Waals surface area contributed by atoms with Crippen molar-refractivity contribution in [3.63, 3.8) is 0 Å². The number of nitrogens with one attached hydrogen (secondary N) is 1. The Morgan fingerprint density at radius 1 is 1.33 bits per heavy atom. The zero-order valence-corrected chi connectivity index (χ0v) is 11.4. The molecule has 0 aliphatic carbocycles. The molecule has 7 nitrogen and oxygen atoms in total. The van der Waals surface area contributed by atoms with Crippen LogP contribution < -0.4 is 5.43 Å². The van der Waals surface area contributed by atoms with Crippen LogP contribution in [0.25, 0.3) is 0 Å². The Morgan fingerprint density at radius 2 is 2.19 bits per heavy atom. The van der Waals surface area contributed by atoms with Crippen molar-refractivity contribution in [1.29, 1.82) is 0 Å². The number of benzene rings is 1. The fraction of sp³-hybridized carbons (Fsp3) is 0.286. The fourth-order valence-corrected chi connectivity index (χ4v) is 2.01. The zero-order valence-electron chi connectivity index (χ0n) is 11.4. The fourth-order valence-electron chi connectivity index (χ4n) is 2.01. The number of hydrazone groups is 1. The summed E-state index contributed by atoms with van der Waals surface area (Å²) in [6, 6.07) is 7.77. The Labute approximate surface area is 121 Å². The number of aromatic nitrogens is 3. The summed E-state index contributed by atoms with van der Waals surface area (Å²) in [5.74, 6) is -0.337. The first-order chi connectivity index (χ1) is 10.3. The molecule has 1 aliphatic rings. The minimum absolute atomic E-state index is 0.337. The first kappa shape index (κ1) is 13.3. The molecule has 7 heteroatoms. The standard InChI is InChI=1S/C14H15N5O2/c20-14-13(2-1-7-21-14)18-17-12-5-3-11(4-6-12)8-19-10-15-9-16-19/h3-6,9-10,17H,1-2,7-8H2. The highest BCUT2D eigenvalue weighted by molar-refractivity contribution is 6.36. The van der Waals surface area contributed by atoms with Gasteiger partial charge in [0, 0.05) is 6.42 Å². The van der Waals surface area contributed by atoms with Crippen LogP contribution in [0.5, 0.6) is 0 Å². The second-order valence-electron chi connectivity index (χ2n) is 4.70. The van der Waals surface area contributed by atoms with E-state index in [4.69, 9.17) is 4.74 Å². The maximum atomic E-state index is 11.4. The lowest BCUT2D eigenvalue weighted by Gasteiger charge is -2.12. The van der Waals surface area contributed by atoms with Crippen LogP contribution in [-0.2, 0) is 16.1 Å². The number of cyclic esters (lactones) is 1. The second-order valence-corrected chi connectivity index (χ2v) is 4.70. The molecule has 0 unspecified atom stereocenters. The van der Waals surface area contributed by atoms with Gasteiger partial charge in [0.2, 0.25) is 0 Å². The molecule has 1 aliphatic heterocycles. The number of ether oxygens (including phenoxy) is 1. The first-order valence-corrected chi connectivity index (χ1v) is 6.72. The van der Waals surface area contributed by atoms with E-state index in [-0.39, 0.29) is 5.97 Å². The third kappa shape index (κ3) is 3.44. The summed E-state index contributed by atoms with van der Waals surface area (Å²) in [6.07, 6.45) is 4.65. The van der Waals surface area contributed by atoms with Crippen LogP contribution in [0.2, 0.25) is 0 Å². The number of nitrogens with zero attached hydrogens (tertiary/aromatic N) is 4. The molecule has 1 saturated heterocycles. The van der Waals surface area contributed by atoms with E-state index >= 15 is 0 Å². The number of rotatable bonds is 4. The monoisotopic (exact) mass is 285 g/mol. The van der Waals surface area contributed by atoms with Gasteiger partial charge in [-0.2, -0.15) is 10.2 Å². The van der Waals surface area contributed by atoms with E-state index in [1.807, 2.05) is 24.3 Å². The Hall–Kier alpha value is -2.70. The van der Waals surface area contributed by atoms with E-state index in [9.17, 15) is 4.79 Å². The van der Waals surface area contributed by atoms with Crippen LogP contribution in [0.1, 0.15) is 18.4 Å². The molecule has 1 aromatic carbocycles. The van der Waals surface area contributed by atoms with Crippen LogP contribution in [0.3, 0.4) is 0 Å². The molecule has 2 aromatic rings. The van der Waals surface area contributed by atoms with E-state index < -0.39 is 0 Å². The minimum Gasteiger partial charge on any atom is -0.461 e. The van der Waals surface area contributed by atoms with Gasteiger partial charge in [-0.3, -0.25) is 5.43 Å². The van der Waals surface area contributed by atoms with E-state index in [0.717, 1.165) is 17.7 Å². The molecule has 2 heterocycles. The third-order valence-corrected chi connectivity index (χ3v) is 3.11. The summed E-state index contributed by atoms with van der Waals surface area (Å²) >= 11 is 0. The summed E-state index contributed by atoms with van der Waals surface area (Å²) < 4.78 is 6.68. The Kier molecular flexibility index (Phi) is 3.90. The number of anilines is 1. The van der Waals surface area contributed by atoms with E-state index in [0.29, 0.717) is 25.3 Å². The van der Waals surface area contributed by atoms with Crippen LogP contribution in [0.15, 0.2) is 42.0 Å². The summed E-state index contributed by atoms with van der Waals surface area (Å²) in [7, 11) is 0. The number of hydrogen-bond donors (Lipinski definition) is 1. The molecule has 0 spiro atoms. The average Bonchev–Trinajstić information content (AvgIpc) is 3.01. The highest BCUT2D eigenvalue weighted by Crippen LogP contribution is 2.11. The highest BCUT2D eigenvalue weighted by Gasteiger charge is 2.17. The topological polar surface area (TPSA) is 81.4 Å². The van der Waals surface area contributed by atoms with Crippen molar-refractivity contribution in [1.82, 2.24) is 14.8 Å². The number of carbonyl (C=O) groups excluding carboxylic acids is 1. The molecule has 0 radical (unpaired) electrons. The van der Waals surface area contributed by atoms with Crippen LogP contribution in [-0.4, -0.2) is 33.1 Å². The Bertz CT molecular complexity index is 634. The maximum absolute atomic E-state index is 11.4. The molecular formula is C14H15N5O2. The normalized spacial score (nSPS) is 16.8. The zero-order chi connectivity index (χ0) is 14.5. The molecule has 108 valence electrons. The molecule has 0 atom stereocenters. The number of carbonyl (C=O) groups is 1. The van der Waals surface area contributed by atoms with Gasteiger partial charge in [0.15, 0.2) is 0 Å². The molecule has 1 fully saturated rings. The predicted octanol–water partition coefficient (Wildman–Crippen LogP) is 1.43. The van der Waals surface area contributed by atoms with Gasteiger partial charge in [-0.25, -0.2) is 14.5 Å². The van der Waals surface area contributed by atoms with Gasteiger partial charge in [0.1, 0.15) is 18.4 Å². The average molecular weight is 285 g/mol. The summed E-state index contributed by atoms with van der Waals surface area (Å²) in [6.45, 7) is 1.15. The molecule has 21 heavy (non-hydrogen) atoms. The SMILES string of the molecule is O=C1OCCCC1=NNc1ccc(Cn2cncn2)cc1. The summed E-state index contributed by atoms with van der Waals surface area (Å²) in [5, 5.41) is 8.16. The van der Waals surface area contributed by atoms with Crippen molar-refractivity contribution >= 4 is 17.4 Å². The molecule has 1 aromatic heterocycles. The van der Waals surface area contributed by atoms with Gasteiger partial charge >= 0.3 is 5.97 Å². The van der Waals surface area contributed by atoms with Crippen molar-refractivity contribution in [2.75, 3.05) is 12.0 Å². The molecule has 0 amide bonds. The Morgan fingerprint density at radius 3 is 2.90 bits per heavy atom. The first-order valence-electron chi connectivity index (χ1n) is 6.72. The summed E-state index contributed by atoms with van der Waals surface area (Å²) in [4.78, 5) is 15.3. The molecule has 0 bridgehead atoms. The molecular weight excluding hydrogens is 270 g/mol. The van der Waals surface area contributed by atoms with Crippen LogP contribution >= 0.6 is 0 Å². The van der Waals surface area contributed by atoms with Crippen LogP contribution in [0, 0.1) is 0 Å². The largest absolute Gasteiger partial charge is 0.461 e. The quantitative estimate of drug-likeness (QED) is 0.679. The van der Waals surface area contributed by atoms with E-state index in [2.05, 4.69) is 20.6 Å². The predicted molar refractivity (Wildman–Crippen MR) is 76.8 cm³/mol. The van der Waals surface area contributed by atoms with Crippen LogP contribution in [0.4, 0.5) is 5.69 Å². The molecule has 3 rings (SSSR count). The van der Waals surface area contributed by atoms with Crippen molar-refractivity contribution in [2.24, 2.45) is 5.10 Å². The number of esters is 1. The van der Waals surface area contributed by atoms with Gasteiger partial charge in [0.25, 0.3) is 0 Å². The highest BCUT2D eigenvalue weighted by atomic mass is 16.5. The van der Waals surface area contributed by atoms with Gasteiger partial charge in [0.05, 0.1) is 18.8 Å². The van der Waals surface area contributed by atoms with Gasteiger partial charge in [-0.1, -0.05) is 12.1 Å². The third-order valence-electron chi connectivity index (χ3n) is 3.11. The smallest absolute Gasteiger partial charge is 0.354 e. The second kappa shape index (κ2) is 6.17. The minimum atomic E-state index is -0.337. The maximum Gasteiger partial charge on any atom is 0.354 e. The lowest BCUT2D eigenvalue weighted by Crippen LogP contribution is -2.24. The van der Waals surface area contributed by atoms with E-state index in [1.54, 1.807) is 11.0 Å². The Balaban J connectivity index is 1.61. The van der Waals surface area contributed by atoms with Gasteiger partial charge in [-0.05, 0) is 24.1 Å².